The van der Waals surface area contributed by atoms with Crippen LogP contribution in [0, 0.1) is 6.92 Å². The summed E-state index contributed by atoms with van der Waals surface area (Å²) < 4.78 is 3.61. The van der Waals surface area contributed by atoms with Gasteiger partial charge >= 0.3 is 0 Å². The van der Waals surface area contributed by atoms with Crippen molar-refractivity contribution in [3.63, 3.8) is 0 Å². The molecule has 0 atom stereocenters. The van der Waals surface area contributed by atoms with Gasteiger partial charge in [0.1, 0.15) is 6.33 Å². The number of rotatable bonds is 6. The van der Waals surface area contributed by atoms with Crippen LogP contribution in [0.3, 0.4) is 0 Å². The van der Waals surface area contributed by atoms with E-state index in [1.165, 1.54) is 0 Å². The average molecular weight is 438 g/mol. The fraction of sp³-hybridized carbons (Fsp3) is 0.160. The highest BCUT2D eigenvalue weighted by Crippen LogP contribution is 2.27. The topological polar surface area (TPSA) is 90.5 Å². The van der Waals surface area contributed by atoms with E-state index in [1.807, 2.05) is 79.2 Å². The molecule has 8 heteroatoms. The lowest BCUT2D eigenvalue weighted by molar-refractivity contribution is 0.102. The molecule has 1 amide bonds. The van der Waals surface area contributed by atoms with Gasteiger partial charge in [0.25, 0.3) is 5.91 Å². The third kappa shape index (κ3) is 4.10. The monoisotopic (exact) mass is 437 g/mol. The first-order valence-electron chi connectivity index (χ1n) is 10.8. The maximum absolute atomic E-state index is 13.3. The van der Waals surface area contributed by atoms with Crippen molar-refractivity contribution in [3.05, 3.63) is 90.0 Å². The maximum Gasteiger partial charge on any atom is 0.258 e. The Labute approximate surface area is 190 Å². The largest absolute Gasteiger partial charge is 0.289 e. The van der Waals surface area contributed by atoms with E-state index in [4.69, 9.17) is 4.98 Å². The highest BCUT2D eigenvalue weighted by molar-refractivity contribution is 6.12. The molecule has 3 heterocycles. The quantitative estimate of drug-likeness (QED) is 0.427. The number of para-hydroxylation sites is 1. The van der Waals surface area contributed by atoms with E-state index in [1.54, 1.807) is 17.2 Å². The number of hydrogen-bond acceptors (Lipinski definition) is 5. The lowest BCUT2D eigenvalue weighted by Crippen LogP contribution is -2.14. The molecule has 0 unspecified atom stereocenters. The Bertz CT molecular complexity index is 1440. The van der Waals surface area contributed by atoms with Gasteiger partial charge in [-0.3, -0.25) is 14.8 Å². The van der Waals surface area contributed by atoms with Crippen LogP contribution in [0.1, 0.15) is 28.5 Å². The summed E-state index contributed by atoms with van der Waals surface area (Å²) in [5.41, 5.74) is 4.98. The fourth-order valence-electron chi connectivity index (χ4n) is 3.89. The number of hydrogen-bond donors (Lipinski definition) is 1. The van der Waals surface area contributed by atoms with E-state index >= 15 is 0 Å². The van der Waals surface area contributed by atoms with Crippen molar-refractivity contribution in [2.75, 3.05) is 5.32 Å². The van der Waals surface area contributed by atoms with Crippen molar-refractivity contribution in [1.82, 2.24) is 29.5 Å². The third-order valence-electron chi connectivity index (χ3n) is 5.59. The molecule has 8 nitrogen and oxygen atoms in total. The predicted molar refractivity (Wildman–Crippen MR) is 127 cm³/mol. The minimum atomic E-state index is -0.284. The highest BCUT2D eigenvalue weighted by Gasteiger charge is 2.18. The normalized spacial score (nSPS) is 11.1. The number of aromatic nitrogens is 6. The predicted octanol–water partition coefficient (Wildman–Crippen LogP) is 4.32. The molecule has 0 fully saturated rings. The lowest BCUT2D eigenvalue weighted by atomic mass is 10.0. The number of fused-ring (bicyclic) bond motifs is 1. The molecular formula is C25H23N7O. The van der Waals surface area contributed by atoms with Crippen molar-refractivity contribution in [2.45, 2.75) is 26.9 Å². The average Bonchev–Trinajstić information content (AvgIpc) is 3.44. The van der Waals surface area contributed by atoms with Crippen LogP contribution in [0.2, 0.25) is 0 Å². The van der Waals surface area contributed by atoms with Crippen LogP contribution in [-0.2, 0) is 13.1 Å². The Morgan fingerprint density at radius 2 is 1.85 bits per heavy atom. The molecule has 0 saturated carbocycles. The van der Waals surface area contributed by atoms with Crippen molar-refractivity contribution < 1.29 is 4.79 Å². The molecule has 0 saturated heterocycles. The van der Waals surface area contributed by atoms with Gasteiger partial charge in [-0.2, -0.15) is 5.10 Å². The smallest absolute Gasteiger partial charge is 0.258 e. The summed E-state index contributed by atoms with van der Waals surface area (Å²) in [5, 5.41) is 12.4. The zero-order valence-corrected chi connectivity index (χ0v) is 18.4. The number of nitrogens with one attached hydrogen (secondary N) is 1. The Morgan fingerprint density at radius 1 is 1.06 bits per heavy atom. The molecule has 1 N–H and O–H groups in total. The van der Waals surface area contributed by atoms with Crippen molar-refractivity contribution in [2.24, 2.45) is 0 Å². The second-order valence-corrected chi connectivity index (χ2v) is 7.74. The first kappa shape index (κ1) is 20.6. The molecule has 5 aromatic rings. The van der Waals surface area contributed by atoms with E-state index in [-0.39, 0.29) is 11.9 Å². The van der Waals surface area contributed by atoms with Crippen molar-refractivity contribution >= 4 is 22.8 Å². The molecule has 164 valence electrons. The second kappa shape index (κ2) is 8.66. The van der Waals surface area contributed by atoms with Crippen LogP contribution >= 0.6 is 0 Å². The SMILES string of the molecule is CCn1ncc(-c2cc(C(=O)Nc3ncn(Cc4ccccc4)n3)c3ccccc3n2)c1C. The molecule has 0 radical (unpaired) electrons. The Kier molecular flexibility index (Phi) is 5.40. The third-order valence-corrected chi connectivity index (χ3v) is 5.59. The van der Waals surface area contributed by atoms with E-state index in [9.17, 15) is 4.79 Å². The van der Waals surface area contributed by atoms with Gasteiger partial charge in [-0.15, -0.1) is 5.10 Å². The van der Waals surface area contributed by atoms with Gasteiger partial charge in [0.15, 0.2) is 0 Å². The molecule has 0 aliphatic carbocycles. The summed E-state index contributed by atoms with van der Waals surface area (Å²) in [5.74, 6) is -0.0267. The van der Waals surface area contributed by atoms with Crippen LogP contribution in [-0.4, -0.2) is 35.4 Å². The zero-order valence-electron chi connectivity index (χ0n) is 18.4. The molecule has 5 rings (SSSR count). The van der Waals surface area contributed by atoms with E-state index in [0.717, 1.165) is 34.3 Å². The summed E-state index contributed by atoms with van der Waals surface area (Å²) in [4.78, 5) is 22.3. The first-order valence-corrected chi connectivity index (χ1v) is 10.8. The highest BCUT2D eigenvalue weighted by atomic mass is 16.1. The Balaban J connectivity index is 1.46. The molecular weight excluding hydrogens is 414 g/mol. The van der Waals surface area contributed by atoms with Gasteiger partial charge in [0, 0.05) is 23.2 Å². The number of pyridine rings is 1. The zero-order chi connectivity index (χ0) is 22.8. The molecule has 2 aromatic carbocycles. The minimum Gasteiger partial charge on any atom is -0.289 e. The van der Waals surface area contributed by atoms with Gasteiger partial charge in [-0.1, -0.05) is 48.5 Å². The lowest BCUT2D eigenvalue weighted by Gasteiger charge is -2.09. The second-order valence-electron chi connectivity index (χ2n) is 7.74. The summed E-state index contributed by atoms with van der Waals surface area (Å²) in [6, 6.07) is 19.4. The van der Waals surface area contributed by atoms with Gasteiger partial charge in [0.2, 0.25) is 5.95 Å². The number of amides is 1. The van der Waals surface area contributed by atoms with Crippen LogP contribution in [0.15, 0.2) is 73.2 Å². The molecule has 0 spiro atoms. The first-order chi connectivity index (χ1) is 16.1. The van der Waals surface area contributed by atoms with Crippen LogP contribution in [0.25, 0.3) is 22.2 Å². The maximum atomic E-state index is 13.3. The molecule has 0 aliphatic rings. The van der Waals surface area contributed by atoms with Crippen molar-refractivity contribution in [1.29, 1.82) is 0 Å². The molecule has 0 bridgehead atoms. The summed E-state index contributed by atoms with van der Waals surface area (Å²) in [6.45, 7) is 5.39. The Hall–Kier alpha value is -4.33. The van der Waals surface area contributed by atoms with Crippen LogP contribution in [0.4, 0.5) is 5.95 Å². The van der Waals surface area contributed by atoms with E-state index < -0.39 is 0 Å². The number of benzene rings is 2. The Morgan fingerprint density at radius 3 is 2.64 bits per heavy atom. The van der Waals surface area contributed by atoms with Gasteiger partial charge in [0.05, 0.1) is 29.5 Å². The number of carbonyl (C=O) groups is 1. The molecule has 33 heavy (non-hydrogen) atoms. The van der Waals surface area contributed by atoms with E-state index in [2.05, 4.69) is 20.5 Å². The number of aryl methyl sites for hydroxylation is 1. The summed E-state index contributed by atoms with van der Waals surface area (Å²) >= 11 is 0. The minimum absolute atomic E-state index is 0.258. The van der Waals surface area contributed by atoms with Gasteiger partial charge in [-0.05, 0) is 31.5 Å². The van der Waals surface area contributed by atoms with Gasteiger partial charge < -0.3 is 0 Å². The standard InChI is InChI=1S/C25H23N7O/c1-3-32-17(2)21(14-27-32)23-13-20(19-11-7-8-12-22(19)28-23)24(33)29-25-26-16-31(30-25)15-18-9-5-4-6-10-18/h4-14,16H,3,15H2,1-2H3,(H,29,30,33). The fourth-order valence-corrected chi connectivity index (χ4v) is 3.89. The molecule has 0 aliphatic heterocycles. The summed E-state index contributed by atoms with van der Waals surface area (Å²) in [7, 11) is 0. The summed E-state index contributed by atoms with van der Waals surface area (Å²) in [6.07, 6.45) is 3.41. The van der Waals surface area contributed by atoms with Gasteiger partial charge in [-0.25, -0.2) is 14.6 Å². The van der Waals surface area contributed by atoms with Crippen LogP contribution in [0.5, 0.6) is 0 Å². The van der Waals surface area contributed by atoms with Crippen molar-refractivity contribution in [3.8, 4) is 11.3 Å². The van der Waals surface area contributed by atoms with Crippen LogP contribution < -0.4 is 5.32 Å². The van der Waals surface area contributed by atoms with E-state index in [0.29, 0.717) is 17.8 Å². The number of nitrogens with zero attached hydrogens (tertiary/aromatic N) is 6. The molecule has 3 aromatic heterocycles. The number of anilines is 1. The number of carbonyl (C=O) groups excluding carboxylic acids is 1.